The number of carbonyl (C=O) groups is 2. The first-order valence-electron chi connectivity index (χ1n) is 22.2. The molecule has 374 valence electrons. The molecule has 9 rings (SSSR count). The molecule has 7 heterocycles. The average molecular weight is 1070 g/mol. The Morgan fingerprint density at radius 1 is 0.803 bits per heavy atom. The summed E-state index contributed by atoms with van der Waals surface area (Å²) in [5.41, 5.74) is 1.59. The Morgan fingerprint density at radius 2 is 1.34 bits per heavy atom. The van der Waals surface area contributed by atoms with Gasteiger partial charge in [0, 0.05) is 11.1 Å². The summed E-state index contributed by atoms with van der Waals surface area (Å²) in [6.45, 7) is 0.810. The van der Waals surface area contributed by atoms with Crippen molar-refractivity contribution in [1.29, 1.82) is 5.26 Å². The van der Waals surface area contributed by atoms with Crippen LogP contribution < -0.4 is 10.6 Å². The van der Waals surface area contributed by atoms with Gasteiger partial charge in [-0.25, -0.2) is 29.9 Å². The lowest BCUT2D eigenvalue weighted by Gasteiger charge is -2.41. The molecule has 2 bridgehead atoms. The highest BCUT2D eigenvalue weighted by molar-refractivity contribution is 8.07. The maximum Gasteiger partial charge on any atom is 0.327 e. The molecule has 10 atom stereocenters. The molecule has 3 saturated heterocycles. The molecule has 3 aliphatic rings. The van der Waals surface area contributed by atoms with Crippen LogP contribution in [0.1, 0.15) is 60.4 Å². The van der Waals surface area contributed by atoms with E-state index in [0.29, 0.717) is 11.1 Å². The molecule has 4 aromatic heterocycles. The van der Waals surface area contributed by atoms with Gasteiger partial charge < -0.3 is 48.1 Å². The summed E-state index contributed by atoms with van der Waals surface area (Å²) < 4.78 is 55.0. The molecule has 2 unspecified atom stereocenters. The van der Waals surface area contributed by atoms with Crippen molar-refractivity contribution in [2.75, 3.05) is 30.5 Å². The molecule has 3 aliphatic heterocycles. The number of fused-ring (bicyclic) bond motifs is 5. The Morgan fingerprint density at radius 3 is 1.89 bits per heavy atom. The summed E-state index contributed by atoms with van der Waals surface area (Å²) in [6.07, 6.45) is -4.77. The topological polar surface area (TPSA) is 283 Å². The monoisotopic (exact) mass is 1070 g/mol. The van der Waals surface area contributed by atoms with E-state index in [1.54, 1.807) is 65.2 Å². The third kappa shape index (κ3) is 10.8. The third-order valence-corrected chi connectivity index (χ3v) is 20.8. The molecule has 4 N–H and O–H groups in total. The number of amides is 2. The molecule has 28 heteroatoms. The van der Waals surface area contributed by atoms with Gasteiger partial charge in [0.2, 0.25) is 0 Å². The van der Waals surface area contributed by atoms with E-state index in [1.165, 1.54) is 29.9 Å². The number of benzene rings is 2. The molecule has 0 spiro atoms. The number of ether oxygens (including phenoxy) is 2. The molecule has 6 aromatic rings. The lowest BCUT2D eigenvalue weighted by Crippen LogP contribution is -2.50. The van der Waals surface area contributed by atoms with E-state index in [-0.39, 0.29) is 52.0 Å². The number of nitrogens with one attached hydrogen (secondary N) is 2. The zero-order chi connectivity index (χ0) is 50.3. The van der Waals surface area contributed by atoms with Crippen molar-refractivity contribution in [2.24, 2.45) is 0 Å². The van der Waals surface area contributed by atoms with Gasteiger partial charge in [-0.2, -0.15) is 5.26 Å². The first kappa shape index (κ1) is 51.0. The third-order valence-electron chi connectivity index (χ3n) is 12.4. The molecular formula is C43H49N11O12P2S2Si. The van der Waals surface area contributed by atoms with Gasteiger partial charge in [0.25, 0.3) is 11.8 Å². The van der Waals surface area contributed by atoms with Crippen LogP contribution in [0.2, 0.25) is 18.1 Å². The standard InChI is InChI=1S/C43H49N11O12P2S2Si/c1-43(2,3)71(4,5)66-33-28-19-60-67(58,69)64-32-27(62-41(31(32)55)53-23-49-29-35(45-21-47-37(29)53)51-39(56)25-13-8-6-9-14-25)20-61-68(70,59-18-12-17-44)65-34(33)42(63-28)54-24-50-30-36(46-22-48-38(30)54)52-40(57)26-15-10-7-11-16-26/h6-11,13-16,21-24,27-28,31-34,41-42,55H,12,18-20H2,1-5H3,(H,58,69)(H,45,47,51,56)(H,46,48,52,57)/t27-,28-,31-,32-,33?,34-,41-,42-,67?,68-/m1/s1. The Kier molecular flexibility index (Phi) is 14.8. The van der Waals surface area contributed by atoms with E-state index in [1.807, 2.05) is 19.2 Å². The van der Waals surface area contributed by atoms with Crippen LogP contribution in [0.4, 0.5) is 11.6 Å². The fourth-order valence-corrected chi connectivity index (χ4v) is 12.6. The molecule has 2 amide bonds. The fourth-order valence-electron chi connectivity index (χ4n) is 7.82. The molecule has 0 radical (unpaired) electrons. The minimum absolute atomic E-state index is 0.0834. The number of carbonyl (C=O) groups excluding carboxylic acids is 2. The SMILES string of the molecule is CC(C)(C)[Si](C)(C)OC1[C@H]2O[P@@](=S)(OCCC#N)OC[C@H]3O[C@@H](n4cnc5c(NC(=O)c6ccccc6)ncnc54)[C@H](O)[C@@H]3OP(O)(=S)OC[C@H]1O[C@H]2n1cnc2c(NC(=O)c3ccccc3)ncnc21. The van der Waals surface area contributed by atoms with Crippen molar-refractivity contribution in [3.05, 3.63) is 97.1 Å². The number of aliphatic hydroxyl groups is 1. The van der Waals surface area contributed by atoms with Gasteiger partial charge in [0.1, 0.15) is 49.3 Å². The summed E-state index contributed by atoms with van der Waals surface area (Å²) in [6, 6.07) is 19.2. The zero-order valence-electron chi connectivity index (χ0n) is 38.7. The normalized spacial score (nSPS) is 28.3. The van der Waals surface area contributed by atoms with Gasteiger partial charge >= 0.3 is 13.4 Å². The highest BCUT2D eigenvalue weighted by Gasteiger charge is 2.56. The predicted octanol–water partition coefficient (Wildman–Crippen LogP) is 5.91. The van der Waals surface area contributed by atoms with Crippen LogP contribution in [-0.4, -0.2) is 126 Å². The Labute approximate surface area is 417 Å². The van der Waals surface area contributed by atoms with Crippen molar-refractivity contribution < 1.29 is 56.1 Å². The Hall–Kier alpha value is -4.91. The molecule has 23 nitrogen and oxygen atoms in total. The van der Waals surface area contributed by atoms with Crippen molar-refractivity contribution in [2.45, 2.75) is 94.4 Å². The largest absolute Gasteiger partial charge is 0.408 e. The smallest absolute Gasteiger partial charge is 0.327 e. The van der Waals surface area contributed by atoms with E-state index in [0.717, 1.165) is 0 Å². The second kappa shape index (κ2) is 20.5. The quantitative estimate of drug-likeness (QED) is 0.0667. The van der Waals surface area contributed by atoms with Gasteiger partial charge in [-0.1, -0.05) is 57.2 Å². The van der Waals surface area contributed by atoms with E-state index >= 15 is 0 Å². The van der Waals surface area contributed by atoms with E-state index in [2.05, 4.69) is 61.3 Å². The van der Waals surface area contributed by atoms with Gasteiger partial charge in [-0.05, 0) is 66.0 Å². The van der Waals surface area contributed by atoms with E-state index in [9.17, 15) is 24.9 Å². The maximum absolute atomic E-state index is 13.3. The van der Waals surface area contributed by atoms with Gasteiger partial charge in [-0.15, -0.1) is 0 Å². The fraction of sp³-hybridized carbons (Fsp3) is 0.419. The lowest BCUT2D eigenvalue weighted by molar-refractivity contribution is -0.0621. The van der Waals surface area contributed by atoms with Crippen molar-refractivity contribution >= 4 is 91.1 Å². The lowest BCUT2D eigenvalue weighted by atomic mass is 10.1. The summed E-state index contributed by atoms with van der Waals surface area (Å²) in [4.78, 5) is 64.7. The Bertz CT molecular complexity index is 3070. The van der Waals surface area contributed by atoms with Crippen LogP contribution in [-0.2, 0) is 60.1 Å². The van der Waals surface area contributed by atoms with Crippen LogP contribution in [0.15, 0.2) is 86.0 Å². The molecule has 3 fully saturated rings. The van der Waals surface area contributed by atoms with Crippen molar-refractivity contribution in [3.8, 4) is 6.07 Å². The van der Waals surface area contributed by atoms with Crippen LogP contribution in [0.5, 0.6) is 0 Å². The van der Waals surface area contributed by atoms with E-state index < -0.39 is 95.9 Å². The van der Waals surface area contributed by atoms with Gasteiger partial charge in [-0.3, -0.25) is 27.8 Å². The number of hydrogen-bond acceptors (Lipinski definition) is 20. The van der Waals surface area contributed by atoms with Crippen LogP contribution in [0, 0.1) is 11.3 Å². The number of imidazole rings is 2. The number of nitrogens with zero attached hydrogens (tertiary/aromatic N) is 9. The number of nitriles is 1. The Balaban J connectivity index is 1.06. The number of hydrogen-bond donors (Lipinski definition) is 4. The molecular weight excluding hydrogens is 1020 g/mol. The van der Waals surface area contributed by atoms with Gasteiger partial charge in [0.05, 0.1) is 45.0 Å². The number of anilines is 2. The minimum atomic E-state index is -4.31. The number of rotatable bonds is 11. The highest BCUT2D eigenvalue weighted by atomic mass is 32.5. The summed E-state index contributed by atoms with van der Waals surface area (Å²) >= 11 is 11.8. The highest BCUT2D eigenvalue weighted by Crippen LogP contribution is 2.58. The molecule has 71 heavy (non-hydrogen) atoms. The van der Waals surface area contributed by atoms with E-state index in [4.69, 9.17) is 60.1 Å². The molecule has 2 aromatic carbocycles. The zero-order valence-corrected chi connectivity index (χ0v) is 43.2. The van der Waals surface area contributed by atoms with Crippen molar-refractivity contribution in [1.82, 2.24) is 39.0 Å². The molecule has 0 saturated carbocycles. The van der Waals surface area contributed by atoms with Crippen molar-refractivity contribution in [3.63, 3.8) is 0 Å². The second-order valence-corrected chi connectivity index (χ2v) is 28.6. The van der Waals surface area contributed by atoms with Gasteiger partial charge in [0.15, 0.2) is 54.7 Å². The van der Waals surface area contributed by atoms with Crippen LogP contribution >= 0.6 is 13.4 Å². The maximum atomic E-state index is 13.3. The van der Waals surface area contributed by atoms with Crippen LogP contribution in [0.3, 0.4) is 0 Å². The summed E-state index contributed by atoms with van der Waals surface area (Å²) in [5.74, 6) is -0.638. The summed E-state index contributed by atoms with van der Waals surface area (Å²) in [5, 5.41) is 26.8. The average Bonchev–Trinajstić information content (AvgIpc) is 4.12. The first-order valence-corrected chi connectivity index (χ1v) is 30.3. The predicted molar refractivity (Wildman–Crippen MR) is 264 cm³/mol. The number of aliphatic hydroxyl groups excluding tert-OH is 1. The summed E-state index contributed by atoms with van der Waals surface area (Å²) in [7, 11) is -2.75. The second-order valence-electron chi connectivity index (χ2n) is 18.1. The molecule has 0 aliphatic carbocycles. The minimum Gasteiger partial charge on any atom is -0.408 e. The van der Waals surface area contributed by atoms with Crippen LogP contribution in [0.25, 0.3) is 22.3 Å². The first-order chi connectivity index (χ1) is 33.9. The number of aromatic nitrogens is 8.